The maximum absolute atomic E-state index is 13.4. The molecule has 4 rings (SSSR count). The van der Waals surface area contributed by atoms with Gasteiger partial charge in [0.1, 0.15) is 11.9 Å². The van der Waals surface area contributed by atoms with Gasteiger partial charge in [-0.3, -0.25) is 4.79 Å². The van der Waals surface area contributed by atoms with Crippen LogP contribution in [-0.2, 0) is 17.4 Å². The first-order valence-corrected chi connectivity index (χ1v) is 13.6. The van der Waals surface area contributed by atoms with E-state index in [2.05, 4.69) is 50.9 Å². The van der Waals surface area contributed by atoms with Crippen molar-refractivity contribution < 1.29 is 14.3 Å². The van der Waals surface area contributed by atoms with Crippen LogP contribution < -0.4 is 5.32 Å². The van der Waals surface area contributed by atoms with Crippen LogP contribution in [0.4, 0.5) is 10.1 Å². The molecule has 0 spiro atoms. The summed E-state index contributed by atoms with van der Waals surface area (Å²) in [5.74, 6) is 5.79. The number of carbonyl (C=O) groups is 1. The molecule has 3 aromatic rings. The molecule has 0 aromatic heterocycles. The maximum atomic E-state index is 13.4. The Morgan fingerprint density at radius 1 is 1.03 bits per heavy atom. The summed E-state index contributed by atoms with van der Waals surface area (Å²) in [6, 6.07) is 17.8. The summed E-state index contributed by atoms with van der Waals surface area (Å²) in [4.78, 5) is 14.0. The molecule has 0 saturated heterocycles. The van der Waals surface area contributed by atoms with Gasteiger partial charge in [0.05, 0.1) is 0 Å². The highest BCUT2D eigenvalue weighted by atomic mass is 19.1. The number of nitrogens with zero attached hydrogens (tertiary/aromatic N) is 1. The predicted octanol–water partition coefficient (Wildman–Crippen LogP) is 6.96. The highest BCUT2D eigenvalue weighted by Gasteiger charge is 2.39. The second kappa shape index (κ2) is 11.2. The van der Waals surface area contributed by atoms with E-state index in [9.17, 15) is 14.3 Å². The summed E-state index contributed by atoms with van der Waals surface area (Å²) in [5, 5.41) is 14.8. The average Bonchev–Trinajstić information content (AvgIpc) is 2.93. The lowest BCUT2D eigenvalue weighted by atomic mass is 9.62. The minimum absolute atomic E-state index is 0.0303. The van der Waals surface area contributed by atoms with E-state index in [1.807, 2.05) is 25.1 Å². The number of fused-ring (bicyclic) bond motifs is 1. The van der Waals surface area contributed by atoms with Crippen molar-refractivity contribution in [3.05, 3.63) is 99.9 Å². The molecule has 1 amide bonds. The third-order valence-corrected chi connectivity index (χ3v) is 7.96. The number of hydrogen-bond acceptors (Lipinski definition) is 3. The van der Waals surface area contributed by atoms with Gasteiger partial charge in [0.15, 0.2) is 0 Å². The van der Waals surface area contributed by atoms with Gasteiger partial charge in [0, 0.05) is 37.0 Å². The van der Waals surface area contributed by atoms with E-state index < -0.39 is 6.10 Å². The van der Waals surface area contributed by atoms with Gasteiger partial charge in [-0.1, -0.05) is 57.7 Å². The standard InChI is InChI=1S/C34H39FN2O2/c1-7-37(6)32(39)25-13-8-23(9-14-25)12-17-30(38)26-20-28-31(34(4,5)19-18-33(28,2)3)29(21-26)36-22-24-10-15-27(35)16-11-24/h8-11,13-16,20-21,30,36,38H,7,18-19,22H2,1-6H3. The Kier molecular flexibility index (Phi) is 8.18. The molecule has 1 unspecified atom stereocenters. The summed E-state index contributed by atoms with van der Waals surface area (Å²) >= 11 is 0. The van der Waals surface area contributed by atoms with Crippen LogP contribution in [0.1, 0.15) is 91.7 Å². The van der Waals surface area contributed by atoms with Crippen molar-refractivity contribution in [2.45, 2.75) is 70.9 Å². The molecule has 1 aliphatic carbocycles. The quantitative estimate of drug-likeness (QED) is 0.341. The Morgan fingerprint density at radius 3 is 2.31 bits per heavy atom. The van der Waals surface area contributed by atoms with Crippen molar-refractivity contribution in [1.29, 1.82) is 0 Å². The van der Waals surface area contributed by atoms with Crippen LogP contribution in [0.3, 0.4) is 0 Å². The van der Waals surface area contributed by atoms with Crippen LogP contribution in [0, 0.1) is 17.7 Å². The van der Waals surface area contributed by atoms with Gasteiger partial charge in [0.2, 0.25) is 0 Å². The van der Waals surface area contributed by atoms with Gasteiger partial charge in [0.25, 0.3) is 5.91 Å². The lowest BCUT2D eigenvalue weighted by Crippen LogP contribution is -2.35. The summed E-state index contributed by atoms with van der Waals surface area (Å²) < 4.78 is 13.4. The monoisotopic (exact) mass is 526 g/mol. The molecule has 0 fully saturated rings. The van der Waals surface area contributed by atoms with Crippen LogP contribution in [0.15, 0.2) is 60.7 Å². The summed E-state index contributed by atoms with van der Waals surface area (Å²) in [6.45, 7) is 12.2. The van der Waals surface area contributed by atoms with Crippen LogP contribution in [0.2, 0.25) is 0 Å². The Morgan fingerprint density at radius 2 is 1.67 bits per heavy atom. The van der Waals surface area contributed by atoms with Gasteiger partial charge < -0.3 is 15.3 Å². The molecule has 39 heavy (non-hydrogen) atoms. The van der Waals surface area contributed by atoms with Crippen molar-refractivity contribution >= 4 is 11.6 Å². The molecule has 2 N–H and O–H groups in total. The van der Waals surface area contributed by atoms with Gasteiger partial charge >= 0.3 is 0 Å². The molecule has 1 atom stereocenters. The summed E-state index contributed by atoms with van der Waals surface area (Å²) in [7, 11) is 1.77. The molecule has 5 heteroatoms. The number of aliphatic hydroxyl groups is 1. The van der Waals surface area contributed by atoms with Crippen molar-refractivity contribution in [3.8, 4) is 11.8 Å². The molecule has 3 aromatic carbocycles. The second-order valence-corrected chi connectivity index (χ2v) is 11.8. The highest BCUT2D eigenvalue weighted by Crippen LogP contribution is 2.49. The minimum atomic E-state index is -0.977. The van der Waals surface area contributed by atoms with Crippen LogP contribution in [0.5, 0.6) is 0 Å². The smallest absolute Gasteiger partial charge is 0.253 e. The number of hydrogen-bond donors (Lipinski definition) is 2. The number of carbonyl (C=O) groups excluding carboxylic acids is 1. The zero-order valence-electron chi connectivity index (χ0n) is 23.9. The second-order valence-electron chi connectivity index (χ2n) is 11.8. The van der Waals surface area contributed by atoms with Crippen molar-refractivity contribution in [2.24, 2.45) is 0 Å². The van der Waals surface area contributed by atoms with Crippen molar-refractivity contribution in [1.82, 2.24) is 4.90 Å². The van der Waals surface area contributed by atoms with Gasteiger partial charge in [-0.2, -0.15) is 0 Å². The van der Waals surface area contributed by atoms with E-state index in [-0.39, 0.29) is 22.6 Å². The third-order valence-electron chi connectivity index (χ3n) is 7.96. The van der Waals surface area contributed by atoms with E-state index in [1.165, 1.54) is 23.3 Å². The molecule has 0 bridgehead atoms. The fourth-order valence-electron chi connectivity index (χ4n) is 5.20. The average molecular weight is 527 g/mol. The molecule has 0 heterocycles. The molecular weight excluding hydrogens is 487 g/mol. The van der Waals surface area contributed by atoms with E-state index in [0.29, 0.717) is 18.7 Å². The number of rotatable bonds is 6. The van der Waals surface area contributed by atoms with E-state index in [1.54, 1.807) is 36.2 Å². The Balaban J connectivity index is 1.66. The first-order valence-electron chi connectivity index (χ1n) is 13.6. The summed E-state index contributed by atoms with van der Waals surface area (Å²) in [6.07, 6.45) is 1.13. The van der Waals surface area contributed by atoms with E-state index in [4.69, 9.17) is 0 Å². The molecule has 0 aliphatic heterocycles. The predicted molar refractivity (Wildman–Crippen MR) is 156 cm³/mol. The van der Waals surface area contributed by atoms with Crippen molar-refractivity contribution in [3.63, 3.8) is 0 Å². The Hall–Kier alpha value is -3.62. The molecule has 0 radical (unpaired) electrons. The van der Waals surface area contributed by atoms with Crippen molar-refractivity contribution in [2.75, 3.05) is 18.9 Å². The molecular formula is C34H39FN2O2. The Labute approximate surface area is 232 Å². The first-order chi connectivity index (χ1) is 18.4. The maximum Gasteiger partial charge on any atom is 0.253 e. The largest absolute Gasteiger partial charge is 0.381 e. The number of aliphatic hydroxyl groups excluding tert-OH is 1. The number of halogens is 1. The zero-order chi connectivity index (χ0) is 28.4. The van der Waals surface area contributed by atoms with Gasteiger partial charge in [-0.05, 0) is 95.3 Å². The number of nitrogens with one attached hydrogen (secondary N) is 1. The fourth-order valence-corrected chi connectivity index (χ4v) is 5.20. The zero-order valence-corrected chi connectivity index (χ0v) is 23.9. The van der Waals surface area contributed by atoms with Crippen LogP contribution >= 0.6 is 0 Å². The molecule has 4 nitrogen and oxygen atoms in total. The molecule has 0 saturated carbocycles. The number of benzene rings is 3. The Bertz CT molecular complexity index is 1400. The molecule has 204 valence electrons. The van der Waals surface area contributed by atoms with E-state index >= 15 is 0 Å². The van der Waals surface area contributed by atoms with Gasteiger partial charge in [-0.15, -0.1) is 0 Å². The lowest BCUT2D eigenvalue weighted by molar-refractivity contribution is 0.0802. The third kappa shape index (κ3) is 6.34. The lowest BCUT2D eigenvalue weighted by Gasteiger charge is -2.43. The van der Waals surface area contributed by atoms with Crippen LogP contribution in [0.25, 0.3) is 0 Å². The first kappa shape index (κ1) is 28.4. The molecule has 1 aliphatic rings. The van der Waals surface area contributed by atoms with Gasteiger partial charge in [-0.25, -0.2) is 4.39 Å². The SMILES string of the molecule is CCN(C)C(=O)c1ccc(C#CC(O)c2cc(NCc3ccc(F)cc3)c3c(c2)C(C)(C)CCC3(C)C)cc1. The van der Waals surface area contributed by atoms with E-state index in [0.717, 1.165) is 35.2 Å². The highest BCUT2D eigenvalue weighted by molar-refractivity contribution is 5.94. The van der Waals surface area contributed by atoms with Crippen LogP contribution in [-0.4, -0.2) is 29.5 Å². The number of amides is 1. The normalized spacial score (nSPS) is 15.9. The fraction of sp³-hybridized carbons (Fsp3) is 0.382. The summed E-state index contributed by atoms with van der Waals surface area (Å²) in [5.41, 5.74) is 6.46. The number of anilines is 1. The minimum Gasteiger partial charge on any atom is -0.381 e. The topological polar surface area (TPSA) is 52.6 Å².